The number of nitrogens with zero attached hydrogens (tertiary/aromatic N) is 2. The highest BCUT2D eigenvalue weighted by Crippen LogP contribution is 2.35. The summed E-state index contributed by atoms with van der Waals surface area (Å²) in [7, 11) is 0. The highest BCUT2D eigenvalue weighted by atomic mass is 35.5. The lowest BCUT2D eigenvalue weighted by Gasteiger charge is -2.16. The van der Waals surface area contributed by atoms with E-state index in [1.807, 2.05) is 6.92 Å². The van der Waals surface area contributed by atoms with Crippen LogP contribution >= 0.6 is 22.9 Å². The van der Waals surface area contributed by atoms with Crippen molar-refractivity contribution in [2.24, 2.45) is 0 Å². The fourth-order valence-electron chi connectivity index (χ4n) is 3.18. The van der Waals surface area contributed by atoms with Crippen molar-refractivity contribution in [3.63, 3.8) is 0 Å². The summed E-state index contributed by atoms with van der Waals surface area (Å²) in [6, 6.07) is 11.3. The van der Waals surface area contributed by atoms with Crippen molar-refractivity contribution in [2.75, 3.05) is 10.2 Å². The van der Waals surface area contributed by atoms with E-state index in [2.05, 4.69) is 10.3 Å². The maximum Gasteiger partial charge on any atom is 0.267 e. The molecule has 0 fully saturated rings. The standard InChI is InChI=1S/C21H16ClN3O3S/c1-3-17-23-11(2)18(29-17)19(26)24-12-8-9-16(15(22)10-12)25-20(27)13-6-4-5-7-14(13)21(25)28/h4-10H,3H2,1-2H3,(H,24,26). The van der Waals surface area contributed by atoms with E-state index in [4.69, 9.17) is 11.6 Å². The lowest BCUT2D eigenvalue weighted by atomic mass is 10.1. The number of amides is 3. The number of aryl methyl sites for hydroxylation is 2. The number of anilines is 2. The SMILES string of the molecule is CCc1nc(C)c(C(=O)Nc2ccc(N3C(=O)c4ccccc4C3=O)c(Cl)c2)s1. The molecule has 146 valence electrons. The molecule has 4 rings (SSSR count). The van der Waals surface area contributed by atoms with Crippen molar-refractivity contribution in [2.45, 2.75) is 20.3 Å². The van der Waals surface area contributed by atoms with Crippen LogP contribution in [-0.2, 0) is 6.42 Å². The number of nitrogens with one attached hydrogen (secondary N) is 1. The van der Waals surface area contributed by atoms with Gasteiger partial charge in [-0.05, 0) is 43.7 Å². The summed E-state index contributed by atoms with van der Waals surface area (Å²) in [5.41, 5.74) is 2.11. The maximum absolute atomic E-state index is 12.6. The Balaban J connectivity index is 1.59. The van der Waals surface area contributed by atoms with Gasteiger partial charge in [-0.25, -0.2) is 9.88 Å². The van der Waals surface area contributed by atoms with Crippen LogP contribution in [0.1, 0.15) is 48.0 Å². The number of halogens is 1. The van der Waals surface area contributed by atoms with Crippen LogP contribution in [0.3, 0.4) is 0 Å². The first-order valence-electron chi connectivity index (χ1n) is 8.95. The zero-order valence-electron chi connectivity index (χ0n) is 15.7. The third-order valence-electron chi connectivity index (χ3n) is 4.59. The lowest BCUT2D eigenvalue weighted by Crippen LogP contribution is -2.29. The Labute approximate surface area is 176 Å². The Morgan fingerprint density at radius 2 is 1.79 bits per heavy atom. The molecule has 0 radical (unpaired) electrons. The molecule has 8 heteroatoms. The van der Waals surface area contributed by atoms with Crippen molar-refractivity contribution in [3.05, 3.63) is 74.2 Å². The largest absolute Gasteiger partial charge is 0.321 e. The number of hydrogen-bond donors (Lipinski definition) is 1. The monoisotopic (exact) mass is 425 g/mol. The zero-order valence-corrected chi connectivity index (χ0v) is 17.2. The van der Waals surface area contributed by atoms with Crippen LogP contribution < -0.4 is 10.2 Å². The molecule has 0 saturated carbocycles. The van der Waals surface area contributed by atoms with Crippen LogP contribution in [0.4, 0.5) is 11.4 Å². The quantitative estimate of drug-likeness (QED) is 0.613. The number of carbonyl (C=O) groups excluding carboxylic acids is 3. The number of thiazole rings is 1. The number of rotatable bonds is 4. The Bertz CT molecular complexity index is 1140. The van der Waals surface area contributed by atoms with Gasteiger partial charge in [0.25, 0.3) is 17.7 Å². The van der Waals surface area contributed by atoms with Crippen molar-refractivity contribution in [1.29, 1.82) is 0 Å². The highest BCUT2D eigenvalue weighted by Gasteiger charge is 2.37. The molecule has 0 bridgehead atoms. The summed E-state index contributed by atoms with van der Waals surface area (Å²) in [6.45, 7) is 3.78. The average Bonchev–Trinajstić information content (AvgIpc) is 3.21. The van der Waals surface area contributed by atoms with Gasteiger partial charge in [-0.15, -0.1) is 11.3 Å². The Kier molecular flexibility index (Phi) is 4.94. The van der Waals surface area contributed by atoms with Gasteiger partial charge in [0.2, 0.25) is 0 Å². The van der Waals surface area contributed by atoms with Crippen LogP contribution in [0, 0.1) is 6.92 Å². The molecule has 1 aliphatic rings. The van der Waals surface area contributed by atoms with Gasteiger partial charge >= 0.3 is 0 Å². The topological polar surface area (TPSA) is 79.4 Å². The summed E-state index contributed by atoms with van der Waals surface area (Å²) in [5.74, 6) is -1.11. The second kappa shape index (κ2) is 7.42. The van der Waals surface area contributed by atoms with Gasteiger partial charge in [0.05, 0.1) is 32.5 Å². The second-order valence-corrected chi connectivity index (χ2v) is 7.98. The first-order valence-corrected chi connectivity index (χ1v) is 10.1. The third-order valence-corrected chi connectivity index (χ3v) is 6.19. The molecule has 29 heavy (non-hydrogen) atoms. The summed E-state index contributed by atoms with van der Waals surface area (Å²) in [6.07, 6.45) is 0.763. The normalized spacial score (nSPS) is 13.0. The predicted octanol–water partition coefficient (Wildman–Crippen LogP) is 4.72. The van der Waals surface area contributed by atoms with E-state index >= 15 is 0 Å². The van der Waals surface area contributed by atoms with E-state index in [1.165, 1.54) is 17.4 Å². The summed E-state index contributed by atoms with van der Waals surface area (Å²) in [5, 5.41) is 3.88. The number of benzene rings is 2. The molecular weight excluding hydrogens is 410 g/mol. The van der Waals surface area contributed by atoms with Gasteiger partial charge in [0, 0.05) is 5.69 Å². The van der Waals surface area contributed by atoms with Crippen LogP contribution in [0.25, 0.3) is 0 Å². The first kappa shape index (κ1) is 19.3. The van der Waals surface area contributed by atoms with Crippen LogP contribution in [-0.4, -0.2) is 22.7 Å². The molecular formula is C21H16ClN3O3S. The van der Waals surface area contributed by atoms with E-state index < -0.39 is 11.8 Å². The number of fused-ring (bicyclic) bond motifs is 1. The molecule has 0 spiro atoms. The number of hydrogen-bond acceptors (Lipinski definition) is 5. The number of imide groups is 1. The highest BCUT2D eigenvalue weighted by molar-refractivity contribution is 7.13. The number of aromatic nitrogens is 1. The van der Waals surface area contributed by atoms with E-state index in [0.29, 0.717) is 27.4 Å². The van der Waals surface area contributed by atoms with Crippen LogP contribution in [0.5, 0.6) is 0 Å². The summed E-state index contributed by atoms with van der Waals surface area (Å²) in [4.78, 5) is 43.8. The van der Waals surface area contributed by atoms with Crippen molar-refractivity contribution in [3.8, 4) is 0 Å². The Morgan fingerprint density at radius 3 is 2.34 bits per heavy atom. The van der Waals surface area contributed by atoms with Crippen LogP contribution in [0.2, 0.25) is 5.02 Å². The predicted molar refractivity (Wildman–Crippen MR) is 113 cm³/mol. The van der Waals surface area contributed by atoms with Crippen molar-refractivity contribution >= 4 is 52.0 Å². The Hall–Kier alpha value is -3.03. The average molecular weight is 426 g/mol. The van der Waals surface area contributed by atoms with Gasteiger partial charge in [-0.1, -0.05) is 30.7 Å². The van der Waals surface area contributed by atoms with E-state index in [9.17, 15) is 14.4 Å². The van der Waals surface area contributed by atoms with Gasteiger partial charge in [0.15, 0.2) is 0 Å². The zero-order chi connectivity index (χ0) is 20.7. The molecule has 1 aromatic heterocycles. The maximum atomic E-state index is 12.6. The Morgan fingerprint density at radius 1 is 1.14 bits per heavy atom. The van der Waals surface area contributed by atoms with E-state index in [-0.39, 0.29) is 16.6 Å². The van der Waals surface area contributed by atoms with Crippen LogP contribution in [0.15, 0.2) is 42.5 Å². The molecule has 2 aromatic carbocycles. The minimum absolute atomic E-state index is 0.188. The molecule has 3 aromatic rings. The van der Waals surface area contributed by atoms with E-state index in [1.54, 1.807) is 43.3 Å². The number of carbonyl (C=O) groups is 3. The molecule has 0 unspecified atom stereocenters. The van der Waals surface area contributed by atoms with Gasteiger partial charge in [0.1, 0.15) is 4.88 Å². The molecule has 2 heterocycles. The van der Waals surface area contributed by atoms with Crippen molar-refractivity contribution < 1.29 is 14.4 Å². The summed E-state index contributed by atoms with van der Waals surface area (Å²) >= 11 is 7.72. The minimum atomic E-state index is -0.420. The fraction of sp³-hybridized carbons (Fsp3) is 0.143. The van der Waals surface area contributed by atoms with Gasteiger partial charge in [-0.2, -0.15) is 0 Å². The summed E-state index contributed by atoms with van der Waals surface area (Å²) < 4.78 is 0. The van der Waals surface area contributed by atoms with Gasteiger partial charge < -0.3 is 5.32 Å². The molecule has 3 amide bonds. The van der Waals surface area contributed by atoms with E-state index in [0.717, 1.165) is 16.3 Å². The van der Waals surface area contributed by atoms with Crippen molar-refractivity contribution in [1.82, 2.24) is 4.98 Å². The fourth-order valence-corrected chi connectivity index (χ4v) is 4.34. The molecule has 0 atom stereocenters. The molecule has 1 N–H and O–H groups in total. The molecule has 0 aliphatic carbocycles. The smallest absolute Gasteiger partial charge is 0.267 e. The second-order valence-electron chi connectivity index (χ2n) is 6.49. The molecule has 6 nitrogen and oxygen atoms in total. The first-order chi connectivity index (χ1) is 13.9. The third kappa shape index (κ3) is 3.32. The molecule has 0 saturated heterocycles. The molecule has 1 aliphatic heterocycles. The lowest BCUT2D eigenvalue weighted by molar-refractivity contribution is 0.0924. The minimum Gasteiger partial charge on any atom is -0.321 e. The van der Waals surface area contributed by atoms with Gasteiger partial charge in [-0.3, -0.25) is 14.4 Å².